The quantitative estimate of drug-likeness (QED) is 0.708. The van der Waals surface area contributed by atoms with E-state index in [2.05, 4.69) is 15.8 Å². The van der Waals surface area contributed by atoms with E-state index in [1.807, 2.05) is 0 Å². The molecule has 17 heavy (non-hydrogen) atoms. The second-order valence-electron chi connectivity index (χ2n) is 6.24. The zero-order valence-electron chi connectivity index (χ0n) is 11.8. The molecule has 0 N–H and O–H groups in total. The third kappa shape index (κ3) is 4.19. The van der Waals surface area contributed by atoms with Crippen LogP contribution in [-0.4, -0.2) is 48.2 Å². The van der Waals surface area contributed by atoms with Crippen molar-refractivity contribution < 1.29 is 0 Å². The van der Waals surface area contributed by atoms with Crippen LogP contribution in [0.2, 0.25) is 0 Å². The molecule has 0 heterocycles. The molecular weight excluding hydrogens is 240 g/mol. The summed E-state index contributed by atoms with van der Waals surface area (Å²) in [5, 5.41) is 0. The molecule has 2 nitrogen and oxygen atoms in total. The summed E-state index contributed by atoms with van der Waals surface area (Å²) in [6, 6.07) is 1.92. The van der Waals surface area contributed by atoms with Gasteiger partial charge in [-0.15, -0.1) is 0 Å². The van der Waals surface area contributed by atoms with Crippen molar-refractivity contribution in [2.24, 2.45) is 0 Å². The van der Waals surface area contributed by atoms with Crippen LogP contribution >= 0.6 is 0 Å². The highest BCUT2D eigenvalue weighted by Crippen LogP contribution is 2.23. The Bertz CT molecular complexity index is 191. The fourth-order valence-electron chi connectivity index (χ4n) is 3.63. The summed E-state index contributed by atoms with van der Waals surface area (Å²) in [6.45, 7) is 0. The predicted octanol–water partition coefficient (Wildman–Crippen LogP) is 1.16. The predicted molar refractivity (Wildman–Crippen MR) is 81.8 cm³/mol. The van der Waals surface area contributed by atoms with E-state index in [4.69, 9.17) is 0 Å². The number of rotatable bonds is 4. The van der Waals surface area contributed by atoms with Crippen LogP contribution in [-0.2, 0) is 0 Å². The Hall–Kier alpha value is 0.354. The van der Waals surface area contributed by atoms with Gasteiger partial charge in [0, 0.05) is 6.04 Å². The van der Waals surface area contributed by atoms with Crippen LogP contribution in [0.15, 0.2) is 0 Å². The Morgan fingerprint density at radius 2 is 1.29 bits per heavy atom. The van der Waals surface area contributed by atoms with E-state index in [1.165, 1.54) is 74.6 Å². The molecule has 2 saturated carbocycles. The first-order chi connectivity index (χ1) is 8.27. The average molecular weight is 271 g/mol. The SMILES string of the molecule is CN([SiH2]N([SiH3])C1CCCCC1)C1CCCCC1. The van der Waals surface area contributed by atoms with Gasteiger partial charge in [0.25, 0.3) is 0 Å². The van der Waals surface area contributed by atoms with Gasteiger partial charge in [-0.25, -0.2) is 0 Å². The monoisotopic (exact) mass is 270 g/mol. The van der Waals surface area contributed by atoms with Crippen molar-refractivity contribution >= 4 is 20.2 Å². The van der Waals surface area contributed by atoms with E-state index >= 15 is 0 Å². The van der Waals surface area contributed by atoms with Gasteiger partial charge in [-0.1, -0.05) is 38.5 Å². The molecule has 0 aromatic carbocycles. The topological polar surface area (TPSA) is 6.48 Å². The van der Waals surface area contributed by atoms with Gasteiger partial charge in [-0.3, -0.25) is 0 Å². The van der Waals surface area contributed by atoms with Crippen molar-refractivity contribution in [3.05, 3.63) is 0 Å². The lowest BCUT2D eigenvalue weighted by Gasteiger charge is -2.38. The highest BCUT2D eigenvalue weighted by atomic mass is 28.3. The lowest BCUT2D eigenvalue weighted by Crippen LogP contribution is -2.48. The van der Waals surface area contributed by atoms with Crippen LogP contribution in [0.1, 0.15) is 64.2 Å². The lowest BCUT2D eigenvalue weighted by molar-refractivity contribution is 0.266. The second-order valence-corrected chi connectivity index (χ2v) is 10.9. The molecule has 0 amide bonds. The summed E-state index contributed by atoms with van der Waals surface area (Å²) >= 11 is 0. The maximum absolute atomic E-state index is 2.88. The summed E-state index contributed by atoms with van der Waals surface area (Å²) in [7, 11) is 3.61. The Labute approximate surface area is 113 Å². The van der Waals surface area contributed by atoms with Crippen LogP contribution < -0.4 is 0 Å². The zero-order valence-corrected chi connectivity index (χ0v) is 15.2. The van der Waals surface area contributed by atoms with E-state index in [-0.39, 0.29) is 9.84 Å². The van der Waals surface area contributed by atoms with Crippen molar-refractivity contribution in [3.8, 4) is 0 Å². The smallest absolute Gasteiger partial charge is 0.165 e. The molecule has 0 aromatic heterocycles. The van der Waals surface area contributed by atoms with Gasteiger partial charge in [0.2, 0.25) is 0 Å². The minimum absolute atomic E-state index is 0.101. The standard InChI is InChI=1S/C13H30N2Si2/c1-14(12-8-4-2-5-9-12)17-15(16)13-10-6-3-7-11-13/h12-13H,2-11,17H2,1,16H3. The van der Waals surface area contributed by atoms with Crippen molar-refractivity contribution in [2.75, 3.05) is 7.05 Å². The van der Waals surface area contributed by atoms with Crippen molar-refractivity contribution in [1.82, 2.24) is 8.80 Å². The van der Waals surface area contributed by atoms with Gasteiger partial charge in [0.1, 0.15) is 0 Å². The largest absolute Gasteiger partial charge is 0.343 e. The Morgan fingerprint density at radius 1 is 0.824 bits per heavy atom. The van der Waals surface area contributed by atoms with Crippen LogP contribution in [0.25, 0.3) is 0 Å². The molecule has 4 heteroatoms. The third-order valence-corrected chi connectivity index (χ3v) is 8.35. The molecule has 0 saturated heterocycles. The molecule has 2 rings (SSSR count). The van der Waals surface area contributed by atoms with Gasteiger partial charge in [0.05, 0.1) is 10.4 Å². The Morgan fingerprint density at radius 3 is 1.82 bits per heavy atom. The van der Waals surface area contributed by atoms with Crippen molar-refractivity contribution in [1.29, 1.82) is 0 Å². The summed E-state index contributed by atoms with van der Waals surface area (Å²) in [6.07, 6.45) is 14.9. The molecule has 100 valence electrons. The minimum Gasteiger partial charge on any atom is -0.343 e. The van der Waals surface area contributed by atoms with E-state index in [0.29, 0.717) is 0 Å². The molecular formula is C13H30N2Si2. The first-order valence-corrected chi connectivity index (χ1v) is 9.84. The molecule has 2 aliphatic rings. The number of hydrogen-bond donors (Lipinski definition) is 0. The number of hydrogen-bond acceptors (Lipinski definition) is 2. The molecule has 0 spiro atoms. The minimum atomic E-state index is -0.101. The second kappa shape index (κ2) is 7.07. The maximum atomic E-state index is 2.88. The fourth-order valence-corrected chi connectivity index (χ4v) is 7.38. The van der Waals surface area contributed by atoms with Gasteiger partial charge in [0.15, 0.2) is 9.84 Å². The van der Waals surface area contributed by atoms with Crippen molar-refractivity contribution in [2.45, 2.75) is 76.3 Å². The highest BCUT2D eigenvalue weighted by molar-refractivity contribution is 6.39. The van der Waals surface area contributed by atoms with Crippen LogP contribution in [0.3, 0.4) is 0 Å². The van der Waals surface area contributed by atoms with Gasteiger partial charge >= 0.3 is 0 Å². The van der Waals surface area contributed by atoms with E-state index < -0.39 is 0 Å². The highest BCUT2D eigenvalue weighted by Gasteiger charge is 2.22. The van der Waals surface area contributed by atoms with Crippen LogP contribution in [0.5, 0.6) is 0 Å². The van der Waals surface area contributed by atoms with Gasteiger partial charge < -0.3 is 8.80 Å². The number of nitrogens with zero attached hydrogens (tertiary/aromatic N) is 2. The Balaban J connectivity index is 1.74. The molecule has 0 aliphatic heterocycles. The fraction of sp³-hybridized carbons (Fsp3) is 1.00. The maximum Gasteiger partial charge on any atom is 0.165 e. The molecule has 0 aromatic rings. The molecule has 0 bridgehead atoms. The van der Waals surface area contributed by atoms with Crippen LogP contribution in [0.4, 0.5) is 0 Å². The van der Waals surface area contributed by atoms with Gasteiger partial charge in [-0.2, -0.15) is 0 Å². The average Bonchev–Trinajstić information content (AvgIpc) is 2.40. The summed E-state index contributed by atoms with van der Waals surface area (Å²) in [4.78, 5) is 0. The van der Waals surface area contributed by atoms with Crippen molar-refractivity contribution in [3.63, 3.8) is 0 Å². The lowest BCUT2D eigenvalue weighted by atomic mass is 9.96. The molecule has 2 fully saturated rings. The van der Waals surface area contributed by atoms with E-state index in [1.54, 1.807) is 0 Å². The molecule has 0 radical (unpaired) electrons. The zero-order chi connectivity index (χ0) is 12.1. The Kier molecular flexibility index (Phi) is 5.73. The van der Waals surface area contributed by atoms with E-state index in [0.717, 1.165) is 12.1 Å². The summed E-state index contributed by atoms with van der Waals surface area (Å²) in [5.41, 5.74) is 0. The summed E-state index contributed by atoms with van der Waals surface area (Å²) in [5.74, 6) is 0. The first kappa shape index (κ1) is 13.8. The molecule has 0 atom stereocenters. The van der Waals surface area contributed by atoms with Gasteiger partial charge in [-0.05, 0) is 38.8 Å². The molecule has 2 aliphatic carbocycles. The molecule has 0 unspecified atom stereocenters. The first-order valence-electron chi connectivity index (χ1n) is 7.68. The van der Waals surface area contributed by atoms with Crippen LogP contribution in [0, 0.1) is 0 Å². The summed E-state index contributed by atoms with van der Waals surface area (Å²) < 4.78 is 5.66. The third-order valence-electron chi connectivity index (χ3n) is 4.84. The van der Waals surface area contributed by atoms with E-state index in [9.17, 15) is 0 Å². The normalized spacial score (nSPS) is 25.6.